The number of aromatic nitrogens is 2. The second-order valence-corrected chi connectivity index (χ2v) is 6.04. The molecule has 27 heavy (non-hydrogen) atoms. The fourth-order valence-corrected chi connectivity index (χ4v) is 2.64. The maximum Gasteiger partial charge on any atom is 0.273 e. The minimum Gasteiger partial charge on any atom is -0.335 e. The Bertz CT molecular complexity index is 1100. The Balaban J connectivity index is 1.71. The molecule has 3 aromatic rings. The number of carbonyl (C=O) groups is 2. The van der Waals surface area contributed by atoms with Crippen LogP contribution in [0.5, 0.6) is 0 Å². The third kappa shape index (κ3) is 4.12. The summed E-state index contributed by atoms with van der Waals surface area (Å²) in [6.45, 7) is -0.547. The van der Waals surface area contributed by atoms with Crippen molar-refractivity contribution in [3.05, 3.63) is 75.3 Å². The summed E-state index contributed by atoms with van der Waals surface area (Å²) < 4.78 is 0.957. The van der Waals surface area contributed by atoms with E-state index in [9.17, 15) is 19.2 Å². The third-order valence-electron chi connectivity index (χ3n) is 4.04. The quantitative estimate of drug-likeness (QED) is 0.696. The van der Waals surface area contributed by atoms with Crippen molar-refractivity contribution < 1.29 is 9.59 Å². The van der Waals surface area contributed by atoms with Gasteiger partial charge in [-0.1, -0.05) is 30.3 Å². The minimum absolute atomic E-state index is 0.180. The smallest absolute Gasteiger partial charge is 0.273 e. The monoisotopic (exact) mass is 366 g/mol. The largest absolute Gasteiger partial charge is 0.335 e. The number of H-pyrrole nitrogens is 1. The molecule has 0 fully saturated rings. The lowest BCUT2D eigenvalue weighted by molar-refractivity contribution is -0.134. The van der Waals surface area contributed by atoms with E-state index in [-0.39, 0.29) is 29.8 Å². The molecular formula is C19H18N4O4. The normalized spacial score (nSPS) is 10.6. The third-order valence-corrected chi connectivity index (χ3v) is 4.04. The van der Waals surface area contributed by atoms with E-state index in [1.165, 1.54) is 18.0 Å². The highest BCUT2D eigenvalue weighted by Crippen LogP contribution is 2.05. The summed E-state index contributed by atoms with van der Waals surface area (Å²) in [4.78, 5) is 50.1. The van der Waals surface area contributed by atoms with E-state index in [1.807, 2.05) is 6.07 Å². The van der Waals surface area contributed by atoms with E-state index in [0.29, 0.717) is 5.69 Å². The molecule has 0 spiro atoms. The van der Waals surface area contributed by atoms with Gasteiger partial charge in [0.15, 0.2) is 0 Å². The minimum atomic E-state index is -0.480. The first-order valence-corrected chi connectivity index (χ1v) is 8.26. The number of nitrogens with zero attached hydrogens (tertiary/aromatic N) is 2. The molecule has 2 amide bonds. The Morgan fingerprint density at radius 1 is 1.00 bits per heavy atom. The topological polar surface area (TPSA) is 104 Å². The summed E-state index contributed by atoms with van der Waals surface area (Å²) in [6.07, 6.45) is 0. The van der Waals surface area contributed by atoms with Gasteiger partial charge < -0.3 is 10.2 Å². The van der Waals surface area contributed by atoms with Gasteiger partial charge in [-0.25, -0.2) is 4.68 Å². The number of rotatable bonds is 5. The van der Waals surface area contributed by atoms with Crippen LogP contribution in [0.2, 0.25) is 0 Å². The van der Waals surface area contributed by atoms with Gasteiger partial charge in [-0.05, 0) is 24.3 Å². The number of para-hydroxylation sites is 1. The van der Waals surface area contributed by atoms with Crippen molar-refractivity contribution in [2.75, 3.05) is 18.9 Å². The molecule has 3 rings (SSSR count). The van der Waals surface area contributed by atoms with E-state index in [2.05, 4.69) is 10.4 Å². The second kappa shape index (κ2) is 7.69. The van der Waals surface area contributed by atoms with Crippen LogP contribution in [0.25, 0.3) is 10.8 Å². The summed E-state index contributed by atoms with van der Waals surface area (Å²) in [7, 11) is 1.46. The molecule has 0 saturated heterocycles. The highest BCUT2D eigenvalue weighted by molar-refractivity contribution is 5.94. The fraction of sp³-hybridized carbons (Fsp3) is 0.158. The van der Waals surface area contributed by atoms with Crippen LogP contribution >= 0.6 is 0 Å². The summed E-state index contributed by atoms with van der Waals surface area (Å²) in [5.41, 5.74) is -0.304. The van der Waals surface area contributed by atoms with Crippen LogP contribution in [0, 0.1) is 0 Å². The zero-order valence-electron chi connectivity index (χ0n) is 14.6. The summed E-state index contributed by atoms with van der Waals surface area (Å²) >= 11 is 0. The molecule has 8 heteroatoms. The summed E-state index contributed by atoms with van der Waals surface area (Å²) in [6, 6.07) is 15.2. The average Bonchev–Trinajstić information content (AvgIpc) is 2.66. The van der Waals surface area contributed by atoms with Crippen molar-refractivity contribution in [2.45, 2.75) is 6.54 Å². The van der Waals surface area contributed by atoms with Crippen molar-refractivity contribution in [3.63, 3.8) is 0 Å². The summed E-state index contributed by atoms with van der Waals surface area (Å²) in [5.74, 6) is -0.845. The SMILES string of the molecule is CN(CC(=O)Nc1ccccc1)C(=O)Cn1[nH]c(=O)c2ccccc2c1=O. The number of hydrogen-bond donors (Lipinski definition) is 2. The fourth-order valence-electron chi connectivity index (χ4n) is 2.64. The van der Waals surface area contributed by atoms with Crippen LogP contribution in [0.3, 0.4) is 0 Å². The molecule has 0 atom stereocenters. The number of fused-ring (bicyclic) bond motifs is 1. The van der Waals surface area contributed by atoms with Gasteiger partial charge in [0, 0.05) is 12.7 Å². The first-order valence-electron chi connectivity index (χ1n) is 8.26. The number of aromatic amines is 1. The Kier molecular flexibility index (Phi) is 5.16. The van der Waals surface area contributed by atoms with Crippen molar-refractivity contribution in [1.82, 2.24) is 14.7 Å². The number of benzene rings is 2. The van der Waals surface area contributed by atoms with Crippen LogP contribution in [-0.2, 0) is 16.1 Å². The molecule has 0 aliphatic rings. The Morgan fingerprint density at radius 3 is 2.33 bits per heavy atom. The van der Waals surface area contributed by atoms with E-state index in [1.54, 1.807) is 42.5 Å². The number of nitrogens with one attached hydrogen (secondary N) is 2. The number of hydrogen-bond acceptors (Lipinski definition) is 4. The first kappa shape index (κ1) is 18.1. The van der Waals surface area contributed by atoms with Crippen LogP contribution in [-0.4, -0.2) is 40.1 Å². The van der Waals surface area contributed by atoms with Crippen LogP contribution in [0.4, 0.5) is 5.69 Å². The lowest BCUT2D eigenvalue weighted by atomic mass is 10.2. The zero-order chi connectivity index (χ0) is 19.4. The molecule has 0 saturated carbocycles. The van der Waals surface area contributed by atoms with Gasteiger partial charge in [0.05, 0.1) is 17.3 Å². The van der Waals surface area contributed by atoms with Crippen LogP contribution < -0.4 is 16.4 Å². The molecule has 8 nitrogen and oxygen atoms in total. The molecular weight excluding hydrogens is 348 g/mol. The summed E-state index contributed by atoms with van der Waals surface area (Å²) in [5, 5.41) is 5.58. The molecule has 1 heterocycles. The number of carbonyl (C=O) groups excluding carboxylic acids is 2. The van der Waals surface area contributed by atoms with E-state index >= 15 is 0 Å². The molecule has 138 valence electrons. The molecule has 2 aromatic carbocycles. The Hall–Kier alpha value is -3.68. The van der Waals surface area contributed by atoms with Crippen molar-refractivity contribution >= 4 is 28.3 Å². The van der Waals surface area contributed by atoms with Crippen molar-refractivity contribution in [2.24, 2.45) is 0 Å². The maximum atomic E-state index is 12.4. The number of anilines is 1. The lowest BCUT2D eigenvalue weighted by Crippen LogP contribution is -2.40. The van der Waals surface area contributed by atoms with Crippen molar-refractivity contribution in [3.8, 4) is 0 Å². The maximum absolute atomic E-state index is 12.4. The van der Waals surface area contributed by atoms with Gasteiger partial charge in [-0.3, -0.25) is 24.3 Å². The molecule has 0 bridgehead atoms. The number of likely N-dealkylation sites (N-methyl/N-ethyl adjacent to an activating group) is 1. The van der Waals surface area contributed by atoms with Gasteiger partial charge >= 0.3 is 0 Å². The second-order valence-electron chi connectivity index (χ2n) is 6.04. The van der Waals surface area contributed by atoms with E-state index in [4.69, 9.17) is 0 Å². The van der Waals surface area contributed by atoms with Crippen LogP contribution in [0.1, 0.15) is 0 Å². The van der Waals surface area contributed by atoms with E-state index < -0.39 is 17.0 Å². The number of amides is 2. The van der Waals surface area contributed by atoms with Gasteiger partial charge in [0.25, 0.3) is 11.1 Å². The standard InChI is InChI=1S/C19H18N4O4/c1-22(11-16(24)20-13-7-3-2-4-8-13)17(25)12-23-19(27)15-10-6-5-9-14(15)18(26)21-23/h2-10H,11-12H2,1H3,(H,20,24)(H,21,26). The van der Waals surface area contributed by atoms with Gasteiger partial charge in [0.1, 0.15) is 6.54 Å². The predicted octanol–water partition coefficient (Wildman–Crippen LogP) is 0.787. The molecule has 0 radical (unpaired) electrons. The molecule has 0 aliphatic heterocycles. The van der Waals surface area contributed by atoms with Crippen LogP contribution in [0.15, 0.2) is 64.2 Å². The highest BCUT2D eigenvalue weighted by Gasteiger charge is 2.16. The van der Waals surface area contributed by atoms with E-state index in [0.717, 1.165) is 4.68 Å². The predicted molar refractivity (Wildman–Crippen MR) is 102 cm³/mol. The lowest BCUT2D eigenvalue weighted by Gasteiger charge is -2.17. The zero-order valence-corrected chi connectivity index (χ0v) is 14.6. The van der Waals surface area contributed by atoms with Gasteiger partial charge in [-0.2, -0.15) is 0 Å². The van der Waals surface area contributed by atoms with Gasteiger partial charge in [-0.15, -0.1) is 0 Å². The van der Waals surface area contributed by atoms with Gasteiger partial charge in [0.2, 0.25) is 11.8 Å². The average molecular weight is 366 g/mol. The molecule has 1 aromatic heterocycles. The first-order chi connectivity index (χ1) is 13.0. The Labute approximate surface area is 154 Å². The molecule has 0 aliphatic carbocycles. The molecule has 0 unspecified atom stereocenters. The Morgan fingerprint density at radius 2 is 1.63 bits per heavy atom. The molecule has 2 N–H and O–H groups in total. The highest BCUT2D eigenvalue weighted by atomic mass is 16.2. The van der Waals surface area contributed by atoms with Crippen molar-refractivity contribution in [1.29, 1.82) is 0 Å².